The predicted molar refractivity (Wildman–Crippen MR) is 117 cm³/mol. The molecule has 0 bridgehead atoms. The summed E-state index contributed by atoms with van der Waals surface area (Å²) in [5.74, 6) is 0.0564. The number of ketones is 1. The van der Waals surface area contributed by atoms with E-state index in [1.807, 2.05) is 6.92 Å². The summed E-state index contributed by atoms with van der Waals surface area (Å²) >= 11 is 1.75. The Kier molecular flexibility index (Phi) is 9.36. The Morgan fingerprint density at radius 2 is 1.86 bits per heavy atom. The van der Waals surface area contributed by atoms with Gasteiger partial charge in [-0.1, -0.05) is 25.0 Å². The second-order valence-corrected chi connectivity index (χ2v) is 9.74. The lowest BCUT2D eigenvalue weighted by Crippen LogP contribution is -2.30. The van der Waals surface area contributed by atoms with E-state index in [0.717, 1.165) is 37.0 Å². The normalized spacial score (nSPS) is 26.9. The van der Waals surface area contributed by atoms with Gasteiger partial charge in [0.2, 0.25) is 0 Å². The molecule has 0 saturated heterocycles. The molecule has 4 nitrogen and oxygen atoms in total. The summed E-state index contributed by atoms with van der Waals surface area (Å²) in [6.45, 7) is 6.30. The number of thioether (sulfide) groups is 1. The predicted octanol–water partition coefficient (Wildman–Crippen LogP) is 5.80. The van der Waals surface area contributed by atoms with Gasteiger partial charge in [0, 0.05) is 31.4 Å². The number of carbonyl (C=O) groups is 2. The van der Waals surface area contributed by atoms with Crippen LogP contribution in [-0.4, -0.2) is 22.7 Å². The molecule has 0 amide bonds. The van der Waals surface area contributed by atoms with Crippen molar-refractivity contribution in [2.75, 3.05) is 0 Å². The van der Waals surface area contributed by atoms with Crippen LogP contribution in [0.2, 0.25) is 0 Å². The van der Waals surface area contributed by atoms with Crippen molar-refractivity contribution in [3.05, 3.63) is 34.9 Å². The number of nitrogens with one attached hydrogen (secondary N) is 1. The van der Waals surface area contributed by atoms with Crippen molar-refractivity contribution in [1.82, 2.24) is 5.32 Å². The minimum atomic E-state index is -0.260. The van der Waals surface area contributed by atoms with Crippen LogP contribution in [0.3, 0.4) is 0 Å². The molecule has 2 rings (SSSR count). The zero-order valence-electron chi connectivity index (χ0n) is 17.6. The minimum absolute atomic E-state index is 0.00426. The largest absolute Gasteiger partial charge is 0.457 e. The molecule has 1 unspecified atom stereocenters. The van der Waals surface area contributed by atoms with Crippen molar-refractivity contribution in [3.8, 4) is 0 Å². The summed E-state index contributed by atoms with van der Waals surface area (Å²) in [7, 11) is 0. The summed E-state index contributed by atoms with van der Waals surface area (Å²) in [4.78, 5) is 24.2. The van der Waals surface area contributed by atoms with Crippen LogP contribution in [0.25, 0.3) is 0 Å². The number of Topliss-reactive ketones (excluding diaryl/α,β-unsaturated/α-hetero) is 1. The van der Waals surface area contributed by atoms with Gasteiger partial charge in [-0.05, 0) is 63.5 Å². The number of rotatable bonds is 2. The Balaban J connectivity index is 2.01. The molecule has 0 aromatic carbocycles. The molecule has 0 spiro atoms. The molecule has 2 heterocycles. The van der Waals surface area contributed by atoms with E-state index in [9.17, 15) is 9.59 Å². The van der Waals surface area contributed by atoms with Crippen LogP contribution in [0.4, 0.5) is 0 Å². The maximum atomic E-state index is 12.3. The molecule has 1 N–H and O–H groups in total. The molecule has 0 aliphatic carbocycles. The van der Waals surface area contributed by atoms with Gasteiger partial charge in [-0.3, -0.25) is 9.59 Å². The highest BCUT2D eigenvalue weighted by Crippen LogP contribution is 2.32. The molecule has 0 saturated carbocycles. The molecular formula is C23H35NO3S. The molecule has 2 aliphatic rings. The number of ether oxygens (including phenoxy) is 1. The fraction of sp³-hybridized carbons (Fsp3) is 0.652. The highest BCUT2D eigenvalue weighted by atomic mass is 32.2. The van der Waals surface area contributed by atoms with Crippen LogP contribution >= 0.6 is 11.8 Å². The first-order valence-electron chi connectivity index (χ1n) is 10.6. The van der Waals surface area contributed by atoms with Gasteiger partial charge < -0.3 is 10.1 Å². The summed E-state index contributed by atoms with van der Waals surface area (Å²) in [5.41, 5.74) is 2.09. The lowest BCUT2D eigenvalue weighted by atomic mass is 10.0. The summed E-state index contributed by atoms with van der Waals surface area (Å²) < 4.78 is 5.78. The van der Waals surface area contributed by atoms with E-state index in [2.05, 4.69) is 42.8 Å². The van der Waals surface area contributed by atoms with Crippen LogP contribution in [0, 0.1) is 0 Å². The maximum Gasteiger partial charge on any atom is 0.306 e. The van der Waals surface area contributed by atoms with Gasteiger partial charge in [0.15, 0.2) is 0 Å². The molecule has 0 radical (unpaired) electrons. The molecule has 0 aromatic rings. The van der Waals surface area contributed by atoms with Crippen LogP contribution in [-0.2, 0) is 14.3 Å². The molecular weight excluding hydrogens is 370 g/mol. The number of esters is 1. The van der Waals surface area contributed by atoms with E-state index in [0.29, 0.717) is 32.1 Å². The van der Waals surface area contributed by atoms with Gasteiger partial charge in [0.05, 0.1) is 4.87 Å². The molecule has 156 valence electrons. The number of carbonyl (C=O) groups excluding carboxylic acids is 2. The third-order valence-corrected chi connectivity index (χ3v) is 6.08. The fourth-order valence-electron chi connectivity index (χ4n) is 3.40. The first-order chi connectivity index (χ1) is 13.4. The van der Waals surface area contributed by atoms with E-state index in [1.165, 1.54) is 6.42 Å². The maximum absolute atomic E-state index is 12.3. The summed E-state index contributed by atoms with van der Waals surface area (Å²) in [6.07, 6.45) is 14.3. The number of allylic oxidation sites excluding steroid dienone is 2. The molecule has 1 atom stereocenters. The molecule has 0 fully saturated rings. The van der Waals surface area contributed by atoms with E-state index in [4.69, 9.17) is 4.74 Å². The quantitative estimate of drug-likeness (QED) is 0.465. The van der Waals surface area contributed by atoms with E-state index >= 15 is 0 Å². The lowest BCUT2D eigenvalue weighted by Gasteiger charge is -2.20. The Hall–Kier alpha value is -1.49. The monoisotopic (exact) mass is 405 g/mol. The number of hydrogen-bond donors (Lipinski definition) is 1. The Bertz CT molecular complexity index is 634. The molecule has 28 heavy (non-hydrogen) atoms. The highest BCUT2D eigenvalue weighted by molar-refractivity contribution is 8.03. The van der Waals surface area contributed by atoms with Crippen LogP contribution in [0.1, 0.15) is 85.0 Å². The Morgan fingerprint density at radius 1 is 1.11 bits per heavy atom. The lowest BCUT2D eigenvalue weighted by molar-refractivity contribution is -0.147. The van der Waals surface area contributed by atoms with Crippen LogP contribution in [0.15, 0.2) is 34.9 Å². The second-order valence-electron chi connectivity index (χ2n) is 8.25. The van der Waals surface area contributed by atoms with Crippen molar-refractivity contribution in [2.45, 2.75) is 96.0 Å². The van der Waals surface area contributed by atoms with E-state index < -0.39 is 0 Å². The fourth-order valence-corrected chi connectivity index (χ4v) is 4.13. The average Bonchev–Trinajstić information content (AvgIpc) is 2.96. The number of hydrogen-bond acceptors (Lipinski definition) is 5. The van der Waals surface area contributed by atoms with Crippen molar-refractivity contribution < 1.29 is 14.3 Å². The van der Waals surface area contributed by atoms with Crippen molar-refractivity contribution in [3.63, 3.8) is 0 Å². The first kappa shape index (κ1) is 22.8. The first-order valence-corrected chi connectivity index (χ1v) is 11.4. The van der Waals surface area contributed by atoms with Gasteiger partial charge in [0.25, 0.3) is 0 Å². The number of cyclic esters (lactones) is 1. The van der Waals surface area contributed by atoms with Crippen molar-refractivity contribution in [2.24, 2.45) is 0 Å². The molecule has 5 heteroatoms. The van der Waals surface area contributed by atoms with Crippen molar-refractivity contribution in [1.29, 1.82) is 0 Å². The zero-order valence-corrected chi connectivity index (χ0v) is 18.4. The van der Waals surface area contributed by atoms with Gasteiger partial charge in [-0.15, -0.1) is 11.8 Å². The topological polar surface area (TPSA) is 55.4 Å². The minimum Gasteiger partial charge on any atom is -0.457 e. The van der Waals surface area contributed by atoms with Gasteiger partial charge in [0.1, 0.15) is 11.9 Å². The molecule has 2 aliphatic heterocycles. The van der Waals surface area contributed by atoms with Crippen molar-refractivity contribution >= 4 is 23.5 Å². The SMILES string of the molecule is C/C(=C\C1=CSC(C)(C)N1)C1C/C=C\CCCCCCC(=O)CCCC(=O)O1. The van der Waals surface area contributed by atoms with Gasteiger partial charge in [-0.25, -0.2) is 0 Å². The van der Waals surface area contributed by atoms with Crippen LogP contribution < -0.4 is 5.32 Å². The highest BCUT2D eigenvalue weighted by Gasteiger charge is 2.24. The third-order valence-electron chi connectivity index (χ3n) is 5.02. The summed E-state index contributed by atoms with van der Waals surface area (Å²) in [6, 6.07) is 0. The van der Waals surface area contributed by atoms with Gasteiger partial charge >= 0.3 is 5.97 Å². The van der Waals surface area contributed by atoms with Crippen LogP contribution in [0.5, 0.6) is 0 Å². The van der Waals surface area contributed by atoms with Gasteiger partial charge in [-0.2, -0.15) is 0 Å². The second kappa shape index (κ2) is 11.5. The zero-order chi connectivity index (χ0) is 20.4. The summed E-state index contributed by atoms with van der Waals surface area (Å²) in [5, 5.41) is 5.58. The van der Waals surface area contributed by atoms with E-state index in [1.54, 1.807) is 11.8 Å². The average molecular weight is 406 g/mol. The Labute approximate surface area is 174 Å². The third kappa shape index (κ3) is 8.68. The Morgan fingerprint density at radius 3 is 2.61 bits per heavy atom. The smallest absolute Gasteiger partial charge is 0.306 e. The van der Waals surface area contributed by atoms with E-state index in [-0.39, 0.29) is 22.7 Å². The molecule has 0 aromatic heterocycles. The standard InChI is InChI=1S/C23H35NO3S/c1-18(16-19-17-28-23(2,3)24-19)21-14-10-8-6-4-5-7-9-12-20(25)13-11-15-22(26)27-21/h8,10,16-17,21,24H,4-7,9,11-15H2,1-3H3/b10-8-,18-16+.